The second kappa shape index (κ2) is 7.43. The van der Waals surface area contributed by atoms with Gasteiger partial charge in [0, 0.05) is 6.61 Å². The van der Waals surface area contributed by atoms with E-state index in [2.05, 4.69) is 13.8 Å². The molecule has 0 N–H and O–H groups in total. The monoisotopic (exact) mass is 246 g/mol. The Morgan fingerprint density at radius 3 is 2.50 bits per heavy atom. The number of unbranched alkanes of at least 4 members (excludes halogenated alkanes) is 1. The van der Waals surface area contributed by atoms with Crippen LogP contribution in [0.25, 0.3) is 0 Å². The Hall–Kier alpha value is 0.0969. The first-order valence-electron chi connectivity index (χ1n) is 6.51. The summed E-state index contributed by atoms with van der Waals surface area (Å²) in [5.41, 5.74) is 0.159. The third-order valence-electron chi connectivity index (χ3n) is 3.60. The van der Waals surface area contributed by atoms with Gasteiger partial charge in [0.1, 0.15) is 16.6 Å². The Balaban J connectivity index is 1.98. The fourth-order valence-electron chi connectivity index (χ4n) is 2.02. The van der Waals surface area contributed by atoms with Crippen LogP contribution in [-0.2, 0) is 13.9 Å². The van der Waals surface area contributed by atoms with Gasteiger partial charge in [-0.05, 0) is 32.1 Å². The first-order valence-corrected chi connectivity index (χ1v) is 7.32. The van der Waals surface area contributed by atoms with Crippen LogP contribution in [0.15, 0.2) is 0 Å². The lowest BCUT2D eigenvalue weighted by Crippen LogP contribution is -2.30. The zero-order chi connectivity index (χ0) is 11.9. The Kier molecular flexibility index (Phi) is 6.57. The first kappa shape index (κ1) is 14.2. The van der Waals surface area contributed by atoms with Crippen molar-refractivity contribution in [1.29, 1.82) is 0 Å². The van der Waals surface area contributed by atoms with Gasteiger partial charge in [-0.1, -0.05) is 13.8 Å². The lowest BCUT2D eigenvalue weighted by atomic mass is 9.91. The van der Waals surface area contributed by atoms with E-state index in [9.17, 15) is 0 Å². The fourth-order valence-corrected chi connectivity index (χ4v) is 2.81. The average Bonchev–Trinajstić information content (AvgIpc) is 3.13. The largest absolute Gasteiger partial charge is 0.422 e. The summed E-state index contributed by atoms with van der Waals surface area (Å²) < 4.78 is 16.4. The molecule has 0 amide bonds. The molecule has 3 nitrogen and oxygen atoms in total. The van der Waals surface area contributed by atoms with E-state index in [1.54, 1.807) is 0 Å². The standard InChI is InChI=1S/C12H26O3Si/c1-3-12(4-2,15-16)7-5-6-8-13-9-11-10-14-11/h11H,3-10H2,1-2,16H3. The zero-order valence-corrected chi connectivity index (χ0v) is 13.0. The molecule has 1 rings (SSSR count). The van der Waals surface area contributed by atoms with E-state index < -0.39 is 0 Å². The second-order valence-electron chi connectivity index (χ2n) is 4.58. The van der Waals surface area contributed by atoms with E-state index in [-0.39, 0.29) is 5.60 Å². The number of hydrogen-bond donors (Lipinski definition) is 0. The highest BCUT2D eigenvalue weighted by atomic mass is 28.2. The highest BCUT2D eigenvalue weighted by molar-refractivity contribution is 5.98. The zero-order valence-electron chi connectivity index (χ0n) is 11.0. The topological polar surface area (TPSA) is 31.0 Å². The molecule has 96 valence electrons. The van der Waals surface area contributed by atoms with Crippen LogP contribution in [-0.4, -0.2) is 42.0 Å². The normalized spacial score (nSPS) is 20.2. The molecule has 0 aromatic rings. The summed E-state index contributed by atoms with van der Waals surface area (Å²) in [5, 5.41) is 0. The molecule has 0 spiro atoms. The predicted octanol–water partition coefficient (Wildman–Crippen LogP) is 1.43. The summed E-state index contributed by atoms with van der Waals surface area (Å²) >= 11 is 0. The molecular weight excluding hydrogens is 220 g/mol. The van der Waals surface area contributed by atoms with Gasteiger partial charge in [-0.25, -0.2) is 0 Å². The molecular formula is C12H26O3Si. The summed E-state index contributed by atoms with van der Waals surface area (Å²) in [7, 11) is 0.843. The fraction of sp³-hybridized carbons (Fsp3) is 1.00. The minimum absolute atomic E-state index is 0.159. The van der Waals surface area contributed by atoms with E-state index >= 15 is 0 Å². The Morgan fingerprint density at radius 2 is 2.00 bits per heavy atom. The maximum atomic E-state index is 5.77. The van der Waals surface area contributed by atoms with Gasteiger partial charge in [-0.2, -0.15) is 0 Å². The van der Waals surface area contributed by atoms with Crippen molar-refractivity contribution in [3.05, 3.63) is 0 Å². The molecule has 0 aromatic carbocycles. The van der Waals surface area contributed by atoms with Crippen molar-refractivity contribution in [2.45, 2.75) is 57.7 Å². The molecule has 0 bridgehead atoms. The van der Waals surface area contributed by atoms with Gasteiger partial charge in [0.2, 0.25) is 0 Å². The minimum atomic E-state index is 0.159. The first-order chi connectivity index (χ1) is 7.76. The molecule has 1 fully saturated rings. The Bertz CT molecular complexity index is 171. The number of epoxide rings is 1. The molecule has 1 aliphatic rings. The Morgan fingerprint density at radius 1 is 1.31 bits per heavy atom. The van der Waals surface area contributed by atoms with E-state index in [1.165, 1.54) is 12.8 Å². The van der Waals surface area contributed by atoms with Crippen LogP contribution < -0.4 is 0 Å². The Labute approximate surface area is 102 Å². The summed E-state index contributed by atoms with van der Waals surface area (Å²) in [5.74, 6) is 0. The molecule has 4 heteroatoms. The SMILES string of the molecule is CCC(CC)(CCCCOCC1CO1)O[SiH3]. The van der Waals surface area contributed by atoms with Gasteiger partial charge in [-0.3, -0.25) is 0 Å². The van der Waals surface area contributed by atoms with Crippen molar-refractivity contribution in [2.24, 2.45) is 0 Å². The summed E-state index contributed by atoms with van der Waals surface area (Å²) in [4.78, 5) is 0. The quantitative estimate of drug-likeness (QED) is 0.332. The van der Waals surface area contributed by atoms with Gasteiger partial charge >= 0.3 is 0 Å². The molecule has 1 saturated heterocycles. The van der Waals surface area contributed by atoms with Crippen molar-refractivity contribution in [2.75, 3.05) is 19.8 Å². The lowest BCUT2D eigenvalue weighted by Gasteiger charge is -2.31. The van der Waals surface area contributed by atoms with Crippen molar-refractivity contribution in [1.82, 2.24) is 0 Å². The van der Waals surface area contributed by atoms with E-state index in [1.807, 2.05) is 0 Å². The van der Waals surface area contributed by atoms with Crippen molar-refractivity contribution >= 4 is 10.5 Å². The second-order valence-corrected chi connectivity index (χ2v) is 4.99. The van der Waals surface area contributed by atoms with Crippen molar-refractivity contribution in [3.63, 3.8) is 0 Å². The average molecular weight is 246 g/mol. The number of ether oxygens (including phenoxy) is 2. The van der Waals surface area contributed by atoms with Crippen LogP contribution >= 0.6 is 0 Å². The van der Waals surface area contributed by atoms with Crippen LogP contribution in [0.5, 0.6) is 0 Å². The van der Waals surface area contributed by atoms with Crippen molar-refractivity contribution < 1.29 is 13.9 Å². The number of rotatable bonds is 10. The molecule has 0 aromatic heterocycles. The van der Waals surface area contributed by atoms with E-state index in [0.29, 0.717) is 6.10 Å². The molecule has 16 heavy (non-hydrogen) atoms. The van der Waals surface area contributed by atoms with Gasteiger partial charge < -0.3 is 13.9 Å². The van der Waals surface area contributed by atoms with Gasteiger partial charge in [0.05, 0.1) is 18.8 Å². The molecule has 1 aliphatic heterocycles. The molecule has 0 radical (unpaired) electrons. The maximum Gasteiger partial charge on any atom is 0.146 e. The highest BCUT2D eigenvalue weighted by Gasteiger charge is 2.24. The summed E-state index contributed by atoms with van der Waals surface area (Å²) in [6.45, 7) is 6.99. The van der Waals surface area contributed by atoms with Crippen LogP contribution in [0.2, 0.25) is 0 Å². The summed E-state index contributed by atoms with van der Waals surface area (Å²) in [6, 6.07) is 0. The third kappa shape index (κ3) is 4.95. The third-order valence-corrected chi connectivity index (χ3v) is 4.46. The lowest BCUT2D eigenvalue weighted by molar-refractivity contribution is 0.0529. The highest BCUT2D eigenvalue weighted by Crippen LogP contribution is 2.25. The molecule has 0 aliphatic carbocycles. The predicted molar refractivity (Wildman–Crippen MR) is 68.7 cm³/mol. The van der Waals surface area contributed by atoms with Gasteiger partial charge in [-0.15, -0.1) is 0 Å². The molecule has 0 saturated carbocycles. The van der Waals surface area contributed by atoms with Gasteiger partial charge in [0.15, 0.2) is 0 Å². The smallest absolute Gasteiger partial charge is 0.146 e. The summed E-state index contributed by atoms with van der Waals surface area (Å²) in [6.07, 6.45) is 6.17. The van der Waals surface area contributed by atoms with Crippen LogP contribution in [0.3, 0.4) is 0 Å². The molecule has 1 unspecified atom stereocenters. The van der Waals surface area contributed by atoms with Crippen LogP contribution in [0, 0.1) is 0 Å². The molecule has 1 atom stereocenters. The van der Waals surface area contributed by atoms with Crippen LogP contribution in [0.4, 0.5) is 0 Å². The molecule has 1 heterocycles. The van der Waals surface area contributed by atoms with Crippen LogP contribution in [0.1, 0.15) is 46.0 Å². The van der Waals surface area contributed by atoms with Gasteiger partial charge in [0.25, 0.3) is 0 Å². The van der Waals surface area contributed by atoms with E-state index in [4.69, 9.17) is 13.9 Å². The minimum Gasteiger partial charge on any atom is -0.422 e. The van der Waals surface area contributed by atoms with E-state index in [0.717, 1.165) is 49.6 Å². The number of hydrogen-bond acceptors (Lipinski definition) is 3. The van der Waals surface area contributed by atoms with Crippen molar-refractivity contribution in [3.8, 4) is 0 Å². The maximum absolute atomic E-state index is 5.77.